The van der Waals surface area contributed by atoms with Crippen LogP contribution in [-0.2, 0) is 4.79 Å². The number of amides is 1. The van der Waals surface area contributed by atoms with Gasteiger partial charge in [0.1, 0.15) is 22.4 Å². The van der Waals surface area contributed by atoms with Crippen molar-refractivity contribution in [1.82, 2.24) is 10.2 Å². The number of benzene rings is 1. The summed E-state index contributed by atoms with van der Waals surface area (Å²) in [6.45, 7) is 6.59. The van der Waals surface area contributed by atoms with Crippen molar-refractivity contribution < 1.29 is 9.53 Å². The van der Waals surface area contributed by atoms with Crippen LogP contribution in [0.1, 0.15) is 43.7 Å². The summed E-state index contributed by atoms with van der Waals surface area (Å²) >= 11 is 1.30. The first kappa shape index (κ1) is 18.6. The monoisotopic (exact) mass is 356 g/mol. The number of ether oxygens (including phenoxy) is 1. The molecule has 0 aliphatic rings. The lowest BCUT2D eigenvalue weighted by Crippen LogP contribution is -2.13. The fourth-order valence-corrected chi connectivity index (χ4v) is 2.67. The Morgan fingerprint density at radius 3 is 2.80 bits per heavy atom. The summed E-state index contributed by atoms with van der Waals surface area (Å²) in [5.41, 5.74) is 0.664. The average Bonchev–Trinajstić information content (AvgIpc) is 3.07. The van der Waals surface area contributed by atoms with Crippen LogP contribution < -0.4 is 10.1 Å². The predicted molar refractivity (Wildman–Crippen MR) is 98.4 cm³/mol. The van der Waals surface area contributed by atoms with E-state index in [0.29, 0.717) is 23.1 Å². The van der Waals surface area contributed by atoms with Gasteiger partial charge < -0.3 is 4.74 Å². The SMILES string of the molecule is CCCOc1ccccc1/C=C(\C#N)C(=O)Nc1nnc(C(C)C)s1. The van der Waals surface area contributed by atoms with Crippen LogP contribution in [0.2, 0.25) is 0 Å². The quantitative estimate of drug-likeness (QED) is 0.598. The van der Waals surface area contributed by atoms with Crippen LogP contribution in [0.25, 0.3) is 6.08 Å². The molecule has 1 amide bonds. The van der Waals surface area contributed by atoms with Gasteiger partial charge in [-0.05, 0) is 18.6 Å². The van der Waals surface area contributed by atoms with Crippen LogP contribution in [-0.4, -0.2) is 22.7 Å². The molecular formula is C18H20N4O2S. The van der Waals surface area contributed by atoms with Gasteiger partial charge in [0.2, 0.25) is 5.13 Å². The first-order valence-electron chi connectivity index (χ1n) is 8.03. The van der Waals surface area contributed by atoms with Crippen molar-refractivity contribution in [2.45, 2.75) is 33.1 Å². The van der Waals surface area contributed by atoms with E-state index >= 15 is 0 Å². The standard InChI is InChI=1S/C18H20N4O2S/c1-4-9-24-15-8-6-5-7-13(15)10-14(11-19)16(23)20-18-22-21-17(25-18)12(2)3/h5-8,10,12H,4,9H2,1-3H3,(H,20,22,23)/b14-10+. The Morgan fingerprint density at radius 1 is 1.40 bits per heavy atom. The van der Waals surface area contributed by atoms with Gasteiger partial charge in [0.05, 0.1) is 6.61 Å². The second kappa shape index (κ2) is 8.94. The van der Waals surface area contributed by atoms with Crippen LogP contribution >= 0.6 is 11.3 Å². The molecule has 0 unspecified atom stereocenters. The third-order valence-corrected chi connectivity index (χ3v) is 4.34. The molecule has 25 heavy (non-hydrogen) atoms. The van der Waals surface area contributed by atoms with Gasteiger partial charge in [-0.15, -0.1) is 10.2 Å². The van der Waals surface area contributed by atoms with E-state index in [4.69, 9.17) is 4.74 Å². The van der Waals surface area contributed by atoms with E-state index in [2.05, 4.69) is 15.5 Å². The van der Waals surface area contributed by atoms with Crippen molar-refractivity contribution in [1.29, 1.82) is 5.26 Å². The number of nitrogens with zero attached hydrogens (tertiary/aromatic N) is 3. The normalized spacial score (nSPS) is 11.2. The lowest BCUT2D eigenvalue weighted by atomic mass is 10.1. The largest absolute Gasteiger partial charge is 0.493 e. The Kier molecular flexibility index (Phi) is 6.66. The first-order valence-corrected chi connectivity index (χ1v) is 8.85. The van der Waals surface area contributed by atoms with E-state index < -0.39 is 5.91 Å². The van der Waals surface area contributed by atoms with Crippen LogP contribution in [0.4, 0.5) is 5.13 Å². The molecule has 0 aliphatic carbocycles. The second-order valence-corrected chi connectivity index (χ2v) is 6.62. The predicted octanol–water partition coefficient (Wildman–Crippen LogP) is 4.00. The Hall–Kier alpha value is -2.72. The van der Waals surface area contributed by atoms with E-state index in [1.165, 1.54) is 17.4 Å². The molecule has 6 nitrogen and oxygen atoms in total. The van der Waals surface area contributed by atoms with Crippen molar-refractivity contribution in [3.63, 3.8) is 0 Å². The van der Waals surface area contributed by atoms with Crippen molar-refractivity contribution in [2.24, 2.45) is 0 Å². The molecule has 2 aromatic rings. The van der Waals surface area contributed by atoms with Gasteiger partial charge in [-0.1, -0.05) is 50.3 Å². The summed E-state index contributed by atoms with van der Waals surface area (Å²) in [5.74, 6) is 0.360. The zero-order chi connectivity index (χ0) is 18.2. The van der Waals surface area contributed by atoms with Gasteiger partial charge >= 0.3 is 0 Å². The minimum Gasteiger partial charge on any atom is -0.493 e. The number of hydrogen-bond donors (Lipinski definition) is 1. The minimum atomic E-state index is -0.515. The van der Waals surface area contributed by atoms with Crippen LogP contribution in [0.5, 0.6) is 5.75 Å². The topological polar surface area (TPSA) is 87.9 Å². The van der Waals surface area contributed by atoms with Gasteiger partial charge in [0.25, 0.3) is 5.91 Å². The number of rotatable bonds is 7. The molecule has 0 saturated heterocycles. The maximum atomic E-state index is 12.3. The lowest BCUT2D eigenvalue weighted by molar-refractivity contribution is -0.112. The molecule has 0 radical (unpaired) electrons. The minimum absolute atomic E-state index is 0.0196. The zero-order valence-corrected chi connectivity index (χ0v) is 15.3. The molecule has 0 spiro atoms. The molecule has 7 heteroatoms. The third kappa shape index (κ3) is 5.13. The molecule has 0 bridgehead atoms. The number of nitriles is 1. The number of nitrogens with one attached hydrogen (secondary N) is 1. The van der Waals surface area contributed by atoms with Gasteiger partial charge in [0, 0.05) is 11.5 Å². The molecule has 130 valence electrons. The molecule has 1 heterocycles. The summed E-state index contributed by atoms with van der Waals surface area (Å²) in [6.07, 6.45) is 2.39. The number of carbonyl (C=O) groups excluding carboxylic acids is 1. The number of para-hydroxylation sites is 1. The van der Waals surface area contributed by atoms with E-state index in [0.717, 1.165) is 11.4 Å². The summed E-state index contributed by atoms with van der Waals surface area (Å²) in [5, 5.41) is 21.1. The van der Waals surface area contributed by atoms with Crippen molar-refractivity contribution in [3.05, 3.63) is 40.4 Å². The van der Waals surface area contributed by atoms with Gasteiger partial charge in [-0.2, -0.15) is 5.26 Å². The van der Waals surface area contributed by atoms with E-state index in [9.17, 15) is 10.1 Å². The zero-order valence-electron chi connectivity index (χ0n) is 14.4. The van der Waals surface area contributed by atoms with Crippen LogP contribution in [0, 0.1) is 11.3 Å². The number of hydrogen-bond acceptors (Lipinski definition) is 6. The maximum Gasteiger partial charge on any atom is 0.268 e. The van der Waals surface area contributed by atoms with Crippen LogP contribution in [0.15, 0.2) is 29.8 Å². The lowest BCUT2D eigenvalue weighted by Gasteiger charge is -2.08. The fraction of sp³-hybridized carbons (Fsp3) is 0.333. The Balaban J connectivity index is 2.19. The van der Waals surface area contributed by atoms with E-state index in [-0.39, 0.29) is 11.5 Å². The highest BCUT2D eigenvalue weighted by atomic mass is 32.1. The average molecular weight is 356 g/mol. The van der Waals surface area contributed by atoms with Gasteiger partial charge in [-0.3, -0.25) is 10.1 Å². The fourth-order valence-electron chi connectivity index (χ4n) is 1.93. The molecule has 0 fully saturated rings. The number of anilines is 1. The van der Waals surface area contributed by atoms with E-state index in [1.54, 1.807) is 6.07 Å². The highest BCUT2D eigenvalue weighted by Gasteiger charge is 2.14. The number of carbonyl (C=O) groups is 1. The molecular weight excluding hydrogens is 336 g/mol. The third-order valence-electron chi connectivity index (χ3n) is 3.20. The van der Waals surface area contributed by atoms with Crippen LogP contribution in [0.3, 0.4) is 0 Å². The summed E-state index contributed by atoms with van der Waals surface area (Å²) in [4.78, 5) is 12.3. The Morgan fingerprint density at radius 2 is 2.16 bits per heavy atom. The van der Waals surface area contributed by atoms with Gasteiger partial charge in [-0.25, -0.2) is 0 Å². The molecule has 0 atom stereocenters. The Labute approximate surface area is 151 Å². The molecule has 1 aromatic heterocycles. The number of aromatic nitrogens is 2. The molecule has 1 aromatic carbocycles. The Bertz CT molecular complexity index is 805. The maximum absolute atomic E-state index is 12.3. The van der Waals surface area contributed by atoms with Crippen molar-refractivity contribution in [3.8, 4) is 11.8 Å². The van der Waals surface area contributed by atoms with Crippen molar-refractivity contribution >= 4 is 28.5 Å². The molecule has 2 rings (SSSR count). The summed E-state index contributed by atoms with van der Waals surface area (Å²) < 4.78 is 5.65. The molecule has 0 aliphatic heterocycles. The van der Waals surface area contributed by atoms with Crippen molar-refractivity contribution in [2.75, 3.05) is 11.9 Å². The first-order chi connectivity index (χ1) is 12.0. The highest BCUT2D eigenvalue weighted by molar-refractivity contribution is 7.15. The van der Waals surface area contributed by atoms with E-state index in [1.807, 2.05) is 45.0 Å². The summed E-state index contributed by atoms with van der Waals surface area (Å²) in [6, 6.07) is 9.23. The second-order valence-electron chi connectivity index (χ2n) is 5.61. The molecule has 1 N–H and O–H groups in total. The summed E-state index contributed by atoms with van der Waals surface area (Å²) in [7, 11) is 0. The smallest absolute Gasteiger partial charge is 0.268 e. The molecule has 0 saturated carbocycles. The highest BCUT2D eigenvalue weighted by Crippen LogP contribution is 2.24. The van der Waals surface area contributed by atoms with Gasteiger partial charge in [0.15, 0.2) is 0 Å².